The van der Waals surface area contributed by atoms with Gasteiger partial charge in [0.25, 0.3) is 0 Å². The number of nitrogens with one attached hydrogen (secondary N) is 1. The van der Waals surface area contributed by atoms with Gasteiger partial charge in [0.05, 0.1) is 12.6 Å². The number of quaternary nitrogens is 1. The Kier molecular flexibility index (Phi) is 7.61. The molecule has 32 heavy (non-hydrogen) atoms. The van der Waals surface area contributed by atoms with Crippen LogP contribution in [0.3, 0.4) is 0 Å². The number of para-hydroxylation sites is 2. The minimum Gasteiger partial charge on any atom is -0.372 e. The molecule has 2 aromatic carbocycles. The van der Waals surface area contributed by atoms with E-state index in [4.69, 9.17) is 0 Å². The third kappa shape index (κ3) is 4.49. The van der Waals surface area contributed by atoms with Crippen LogP contribution in [0.4, 0.5) is 11.4 Å². The normalized spacial score (nSPS) is 26.2. The lowest BCUT2D eigenvalue weighted by Crippen LogP contribution is -2.59. The lowest BCUT2D eigenvalue weighted by molar-refractivity contribution is 0.171. The quantitative estimate of drug-likeness (QED) is 0.326. The SMILES string of the molecule is CCCC[N+]1(C(C)C)c2ccccc2C(Nc2ccccc2CC2CCCCCC2)C1C. The first kappa shape index (κ1) is 23.4. The highest BCUT2D eigenvalue weighted by molar-refractivity contribution is 5.63. The Hall–Kier alpha value is -1.80. The van der Waals surface area contributed by atoms with Crippen LogP contribution in [0.25, 0.3) is 0 Å². The first-order valence-electron chi connectivity index (χ1n) is 13.4. The van der Waals surface area contributed by atoms with Crippen molar-refractivity contribution in [2.45, 2.75) is 104 Å². The van der Waals surface area contributed by atoms with Crippen molar-refractivity contribution in [3.05, 3.63) is 59.7 Å². The fourth-order valence-corrected chi connectivity index (χ4v) is 6.71. The van der Waals surface area contributed by atoms with E-state index < -0.39 is 0 Å². The molecule has 0 aromatic heterocycles. The number of unbranched alkanes of at least 4 members (excludes halogenated alkanes) is 1. The summed E-state index contributed by atoms with van der Waals surface area (Å²) in [4.78, 5) is 0. The van der Waals surface area contributed by atoms with Crippen LogP contribution in [-0.2, 0) is 6.42 Å². The lowest BCUT2D eigenvalue weighted by atomic mass is 9.91. The zero-order valence-corrected chi connectivity index (χ0v) is 20.9. The molecule has 0 bridgehead atoms. The van der Waals surface area contributed by atoms with E-state index >= 15 is 0 Å². The molecule has 4 rings (SSSR count). The van der Waals surface area contributed by atoms with Gasteiger partial charge in [0.15, 0.2) is 0 Å². The van der Waals surface area contributed by atoms with Gasteiger partial charge < -0.3 is 5.32 Å². The molecule has 3 unspecified atom stereocenters. The summed E-state index contributed by atoms with van der Waals surface area (Å²) in [6, 6.07) is 19.9. The third-order valence-electron chi connectivity index (χ3n) is 8.54. The number of fused-ring (bicyclic) bond motifs is 1. The van der Waals surface area contributed by atoms with Gasteiger partial charge in [0, 0.05) is 11.3 Å². The van der Waals surface area contributed by atoms with E-state index in [2.05, 4.69) is 81.5 Å². The molecule has 174 valence electrons. The molecular formula is C30H45N2+. The largest absolute Gasteiger partial charge is 0.372 e. The molecule has 1 fully saturated rings. The number of hydrogen-bond donors (Lipinski definition) is 1. The molecule has 0 amide bonds. The molecule has 0 radical (unpaired) electrons. The highest BCUT2D eigenvalue weighted by atomic mass is 15.4. The van der Waals surface area contributed by atoms with Crippen molar-refractivity contribution in [1.29, 1.82) is 0 Å². The van der Waals surface area contributed by atoms with Crippen molar-refractivity contribution in [2.75, 3.05) is 11.9 Å². The van der Waals surface area contributed by atoms with Crippen LogP contribution in [0.1, 0.15) is 96.2 Å². The fraction of sp³-hybridized carbons (Fsp3) is 0.600. The smallest absolute Gasteiger partial charge is 0.138 e. The molecule has 3 atom stereocenters. The van der Waals surface area contributed by atoms with Gasteiger partial charge in [-0.15, -0.1) is 0 Å². The highest BCUT2D eigenvalue weighted by Crippen LogP contribution is 2.48. The van der Waals surface area contributed by atoms with Gasteiger partial charge >= 0.3 is 0 Å². The molecule has 2 aromatic rings. The number of nitrogens with zero attached hydrogens (tertiary/aromatic N) is 1. The molecule has 0 spiro atoms. The van der Waals surface area contributed by atoms with Crippen molar-refractivity contribution in [3.63, 3.8) is 0 Å². The van der Waals surface area contributed by atoms with Crippen LogP contribution in [-0.4, -0.2) is 18.6 Å². The summed E-state index contributed by atoms with van der Waals surface area (Å²) in [6.07, 6.45) is 12.3. The van der Waals surface area contributed by atoms with E-state index in [0.29, 0.717) is 18.1 Å². The average Bonchev–Trinajstić information content (AvgIpc) is 2.95. The van der Waals surface area contributed by atoms with Crippen molar-refractivity contribution in [1.82, 2.24) is 4.48 Å². The molecular weight excluding hydrogens is 388 g/mol. The molecule has 1 saturated carbocycles. The van der Waals surface area contributed by atoms with E-state index in [9.17, 15) is 0 Å². The maximum Gasteiger partial charge on any atom is 0.138 e. The molecule has 0 saturated heterocycles. The van der Waals surface area contributed by atoms with E-state index in [1.807, 2.05) is 0 Å². The Morgan fingerprint density at radius 2 is 1.62 bits per heavy atom. The van der Waals surface area contributed by atoms with Crippen molar-refractivity contribution >= 4 is 11.4 Å². The second kappa shape index (κ2) is 10.4. The zero-order chi connectivity index (χ0) is 22.6. The van der Waals surface area contributed by atoms with Gasteiger partial charge in [-0.3, -0.25) is 4.48 Å². The van der Waals surface area contributed by atoms with Crippen molar-refractivity contribution in [2.24, 2.45) is 5.92 Å². The van der Waals surface area contributed by atoms with Gasteiger partial charge in [-0.05, 0) is 57.2 Å². The van der Waals surface area contributed by atoms with Crippen LogP contribution >= 0.6 is 0 Å². The second-order valence-corrected chi connectivity index (χ2v) is 10.7. The van der Waals surface area contributed by atoms with Gasteiger partial charge in [-0.2, -0.15) is 0 Å². The van der Waals surface area contributed by atoms with Crippen LogP contribution < -0.4 is 9.80 Å². The predicted molar refractivity (Wildman–Crippen MR) is 140 cm³/mol. The Morgan fingerprint density at radius 1 is 0.938 bits per heavy atom. The standard InChI is InChI=1S/C30H45N2/c1-5-6-21-32(23(2)3)24(4)30(27-18-12-14-20-29(27)32)31-28-19-13-11-17-26(28)22-25-15-9-7-8-10-16-25/h11-14,17-20,23-25,30-31H,5-10,15-16,21-22H2,1-4H3/q+1. The van der Waals surface area contributed by atoms with E-state index in [-0.39, 0.29) is 0 Å². The summed E-state index contributed by atoms with van der Waals surface area (Å²) in [7, 11) is 0. The summed E-state index contributed by atoms with van der Waals surface area (Å²) >= 11 is 0. The number of hydrogen-bond acceptors (Lipinski definition) is 1. The lowest BCUT2D eigenvalue weighted by Gasteiger charge is -2.44. The van der Waals surface area contributed by atoms with E-state index in [1.165, 1.54) is 81.1 Å². The van der Waals surface area contributed by atoms with Crippen LogP contribution in [0.15, 0.2) is 48.5 Å². The Morgan fingerprint density at radius 3 is 2.34 bits per heavy atom. The predicted octanol–water partition coefficient (Wildman–Crippen LogP) is 8.27. The second-order valence-electron chi connectivity index (χ2n) is 10.7. The molecule has 1 N–H and O–H groups in total. The summed E-state index contributed by atoms with van der Waals surface area (Å²) in [5, 5.41) is 4.09. The zero-order valence-electron chi connectivity index (χ0n) is 20.9. The van der Waals surface area contributed by atoms with Crippen molar-refractivity contribution in [3.8, 4) is 0 Å². The maximum atomic E-state index is 4.09. The molecule has 1 aliphatic heterocycles. The molecule has 1 heterocycles. The molecule has 2 aliphatic rings. The molecule has 2 nitrogen and oxygen atoms in total. The average molecular weight is 434 g/mol. The van der Waals surface area contributed by atoms with Crippen LogP contribution in [0.5, 0.6) is 0 Å². The van der Waals surface area contributed by atoms with E-state index in [1.54, 1.807) is 5.69 Å². The van der Waals surface area contributed by atoms with Crippen molar-refractivity contribution < 1.29 is 0 Å². The Bertz CT molecular complexity index is 865. The Labute approximate surface area is 197 Å². The van der Waals surface area contributed by atoms with Gasteiger partial charge in [0.1, 0.15) is 17.8 Å². The van der Waals surface area contributed by atoms with Gasteiger partial charge in [-0.25, -0.2) is 0 Å². The first-order chi connectivity index (χ1) is 15.6. The topological polar surface area (TPSA) is 12.0 Å². The fourth-order valence-electron chi connectivity index (χ4n) is 6.71. The number of anilines is 1. The third-order valence-corrected chi connectivity index (χ3v) is 8.54. The van der Waals surface area contributed by atoms with Gasteiger partial charge in [0.2, 0.25) is 0 Å². The number of benzene rings is 2. The van der Waals surface area contributed by atoms with Gasteiger partial charge in [-0.1, -0.05) is 88.3 Å². The minimum absolute atomic E-state index is 0.362. The van der Waals surface area contributed by atoms with Crippen LogP contribution in [0, 0.1) is 5.92 Å². The molecule has 1 aliphatic carbocycles. The monoisotopic (exact) mass is 433 g/mol. The maximum absolute atomic E-state index is 4.09. The number of rotatable bonds is 8. The van der Waals surface area contributed by atoms with Crippen LogP contribution in [0.2, 0.25) is 0 Å². The minimum atomic E-state index is 0.362. The summed E-state index contributed by atoms with van der Waals surface area (Å²) in [6.45, 7) is 10.9. The summed E-state index contributed by atoms with van der Waals surface area (Å²) in [5.74, 6) is 0.851. The Balaban J connectivity index is 1.64. The van der Waals surface area contributed by atoms with E-state index in [0.717, 1.165) is 10.4 Å². The molecule has 2 heteroatoms. The highest BCUT2D eigenvalue weighted by Gasteiger charge is 2.51. The first-order valence-corrected chi connectivity index (χ1v) is 13.4. The summed E-state index contributed by atoms with van der Waals surface area (Å²) in [5.41, 5.74) is 5.94. The summed E-state index contributed by atoms with van der Waals surface area (Å²) < 4.78 is 1.10.